The molecule has 4 saturated carbocycles. The number of esters is 4. The summed E-state index contributed by atoms with van der Waals surface area (Å²) < 4.78 is 36.7. The molecule has 6 aliphatic carbocycles. The van der Waals surface area contributed by atoms with Crippen molar-refractivity contribution < 1.29 is 67.4 Å². The quantitative estimate of drug-likeness (QED) is 0.137. The molecule has 0 radical (unpaired) electrons. The van der Waals surface area contributed by atoms with Crippen molar-refractivity contribution in [2.24, 2.45) is 11.8 Å². The zero-order chi connectivity index (χ0) is 50.8. The lowest BCUT2D eigenvalue weighted by Gasteiger charge is -2.62. The predicted molar refractivity (Wildman–Crippen MR) is 262 cm³/mol. The normalized spacial score (nSPS) is 31.7. The fourth-order valence-electron chi connectivity index (χ4n) is 15.7. The lowest BCUT2D eigenvalue weighted by molar-refractivity contribution is -0.188. The molecule has 14 rings (SSSR count). The SMILES string of the molecule is CC(=O)Oc1cc(CC(=O)Oc2ccc3c4c2O[C@H]2C(=O)CC[C@@]5(O)[C@@H](C3)N(CC3CC3)CC[C@]425)c2c(CC(=O)Oc3ccc4c5c3O[C@H]3C(=O)CC[C@@]6(O)[C@@H](C4)N(CC4CC4)CC[C@]536)cc(OC(C)=O)cc2c1. The minimum atomic E-state index is -1.21. The summed E-state index contributed by atoms with van der Waals surface area (Å²) in [6.07, 6.45) is 5.35. The van der Waals surface area contributed by atoms with Crippen molar-refractivity contribution >= 4 is 46.2 Å². The highest BCUT2D eigenvalue weighted by molar-refractivity contribution is 5.98. The van der Waals surface area contributed by atoms with Gasteiger partial charge in [-0.15, -0.1) is 0 Å². The van der Waals surface area contributed by atoms with Crippen LogP contribution < -0.4 is 28.4 Å². The molecule has 2 N–H and O–H groups in total. The third kappa shape index (κ3) is 6.65. The molecular formula is C58H58N2O14. The number of benzene rings is 4. The molecular weight excluding hydrogens is 949 g/mol. The van der Waals surface area contributed by atoms with Crippen molar-refractivity contribution in [3.63, 3.8) is 0 Å². The number of ketones is 2. The van der Waals surface area contributed by atoms with Crippen LogP contribution in [0.25, 0.3) is 10.8 Å². The summed E-state index contributed by atoms with van der Waals surface area (Å²) in [5.41, 5.74) is -0.311. The molecule has 4 heterocycles. The molecule has 4 aromatic carbocycles. The number of likely N-dealkylation sites (tertiary alicyclic amines) is 2. The minimum absolute atomic E-state index is 0.0840. The van der Waals surface area contributed by atoms with Gasteiger partial charge in [-0.3, -0.25) is 38.6 Å². The highest BCUT2D eigenvalue weighted by Crippen LogP contribution is 2.67. The van der Waals surface area contributed by atoms with Crippen LogP contribution in [-0.4, -0.2) is 117 Å². The number of hydrogen-bond acceptors (Lipinski definition) is 16. The molecule has 4 bridgehead atoms. The number of rotatable bonds is 12. The van der Waals surface area contributed by atoms with Crippen molar-refractivity contribution in [2.45, 2.75) is 150 Å². The summed E-state index contributed by atoms with van der Waals surface area (Å²) in [6, 6.07) is 13.0. The number of nitrogens with zero attached hydrogens (tertiary/aromatic N) is 2. The van der Waals surface area contributed by atoms with Crippen LogP contribution in [0.3, 0.4) is 0 Å². The molecule has 2 spiro atoms. The van der Waals surface area contributed by atoms with Gasteiger partial charge >= 0.3 is 23.9 Å². The number of ether oxygens (including phenoxy) is 6. The molecule has 6 fully saturated rings. The smallest absolute Gasteiger partial charge is 0.315 e. The monoisotopic (exact) mass is 1010 g/mol. The van der Waals surface area contributed by atoms with E-state index in [-0.39, 0.29) is 71.0 Å². The first kappa shape index (κ1) is 46.3. The summed E-state index contributed by atoms with van der Waals surface area (Å²) in [5.74, 6) is -0.627. The predicted octanol–water partition coefficient (Wildman–Crippen LogP) is 5.25. The Morgan fingerprint density at radius 2 is 1.04 bits per heavy atom. The average molecular weight is 1010 g/mol. The summed E-state index contributed by atoms with van der Waals surface area (Å²) >= 11 is 0. The van der Waals surface area contributed by atoms with Crippen LogP contribution in [0, 0.1) is 11.8 Å². The highest BCUT2D eigenvalue weighted by atomic mass is 16.6. The van der Waals surface area contributed by atoms with Gasteiger partial charge in [0.1, 0.15) is 11.5 Å². The van der Waals surface area contributed by atoms with Crippen LogP contribution in [0.2, 0.25) is 0 Å². The van der Waals surface area contributed by atoms with Gasteiger partial charge in [-0.05, 0) is 159 Å². The zero-order valence-electron chi connectivity index (χ0n) is 41.5. The Balaban J connectivity index is 0.792. The second kappa shape index (κ2) is 16.2. The fraction of sp³-hybridized carbons (Fsp3) is 0.517. The van der Waals surface area contributed by atoms with E-state index in [1.54, 1.807) is 24.3 Å². The van der Waals surface area contributed by atoms with Gasteiger partial charge in [0.15, 0.2) is 46.8 Å². The molecule has 16 heteroatoms. The van der Waals surface area contributed by atoms with Crippen LogP contribution >= 0.6 is 0 Å². The number of hydrogen-bond donors (Lipinski definition) is 2. The Morgan fingerprint density at radius 1 is 0.608 bits per heavy atom. The second-order valence-corrected chi connectivity index (χ2v) is 23.1. The Labute approximate surface area is 426 Å². The molecule has 4 aliphatic heterocycles. The average Bonchev–Trinajstić information content (AvgIpc) is 4.33. The maximum absolute atomic E-state index is 14.4. The Bertz CT molecular complexity index is 3010. The van der Waals surface area contributed by atoms with E-state index in [2.05, 4.69) is 9.80 Å². The largest absolute Gasteiger partial charge is 0.477 e. The van der Waals surface area contributed by atoms with Crippen molar-refractivity contribution in [3.05, 3.63) is 81.9 Å². The first-order valence-corrected chi connectivity index (χ1v) is 26.6. The summed E-state index contributed by atoms with van der Waals surface area (Å²) in [6.45, 7) is 5.76. The number of piperidine rings is 2. The first-order chi connectivity index (χ1) is 35.6. The molecule has 4 aromatic rings. The maximum Gasteiger partial charge on any atom is 0.315 e. The number of fused-ring (bicyclic) bond motifs is 1. The Hall–Kier alpha value is -6.20. The molecule has 16 nitrogen and oxygen atoms in total. The minimum Gasteiger partial charge on any atom is -0.477 e. The van der Waals surface area contributed by atoms with Crippen LogP contribution in [0.1, 0.15) is 111 Å². The summed E-state index contributed by atoms with van der Waals surface area (Å²) in [5, 5.41) is 26.4. The summed E-state index contributed by atoms with van der Waals surface area (Å²) in [4.78, 5) is 86.1. The van der Waals surface area contributed by atoms with E-state index in [1.807, 2.05) is 12.1 Å². The molecule has 384 valence electrons. The number of aliphatic hydroxyl groups is 2. The van der Waals surface area contributed by atoms with Gasteiger partial charge in [-0.1, -0.05) is 12.1 Å². The third-order valence-corrected chi connectivity index (χ3v) is 18.9. The van der Waals surface area contributed by atoms with Gasteiger partial charge < -0.3 is 38.6 Å². The van der Waals surface area contributed by atoms with E-state index in [4.69, 9.17) is 28.4 Å². The Kier molecular flexibility index (Phi) is 10.1. The molecule has 2 saturated heterocycles. The number of carbonyl (C=O) groups excluding carboxylic acids is 6. The van der Waals surface area contributed by atoms with Gasteiger partial charge in [0, 0.05) is 63.0 Å². The molecule has 0 aromatic heterocycles. The number of carbonyl (C=O) groups is 6. The van der Waals surface area contributed by atoms with E-state index >= 15 is 0 Å². The maximum atomic E-state index is 14.4. The van der Waals surface area contributed by atoms with Crippen LogP contribution in [0.5, 0.6) is 34.5 Å². The summed E-state index contributed by atoms with van der Waals surface area (Å²) in [7, 11) is 0. The van der Waals surface area contributed by atoms with E-state index < -0.39 is 71.0 Å². The van der Waals surface area contributed by atoms with Gasteiger partial charge in [-0.2, -0.15) is 0 Å². The Morgan fingerprint density at radius 3 is 1.45 bits per heavy atom. The van der Waals surface area contributed by atoms with E-state index in [9.17, 15) is 39.0 Å². The van der Waals surface area contributed by atoms with Crippen LogP contribution in [-0.2, 0) is 65.3 Å². The molecule has 74 heavy (non-hydrogen) atoms. The van der Waals surface area contributed by atoms with Crippen LogP contribution in [0.15, 0.2) is 48.5 Å². The second-order valence-electron chi connectivity index (χ2n) is 23.1. The van der Waals surface area contributed by atoms with Crippen molar-refractivity contribution in [1.82, 2.24) is 9.80 Å². The van der Waals surface area contributed by atoms with E-state index in [0.717, 1.165) is 35.3 Å². The standard InChI is InChI=1S/C58H58N2O14/c1-29(61)69-38-19-35-20-39(70-30(2)62)22-37(26-47(66)72-43-10-8-34-24-45-58(68)14-12-41(64)54-56(58,50(34)52(43)74-54)16-18-60(45)28-32-5-6-32)48(35)36(21-38)25-46(65)71-42-9-7-33-23-44-57(67)13-11-40(63)53-55(57,49(33)51(42)73-53)15-17-59(44)27-31-3-4-31/h7-10,19-22,31-32,44-45,53-54,67-68H,3-6,11-18,23-28H2,1-2H3/t44-,45-,53+,54+,55+,56+,57-,58-/m1/s1. The van der Waals surface area contributed by atoms with Crippen molar-refractivity contribution in [2.75, 3.05) is 26.2 Å². The molecule has 8 atom stereocenters. The van der Waals surface area contributed by atoms with E-state index in [0.29, 0.717) is 85.3 Å². The lowest BCUT2D eigenvalue weighted by Crippen LogP contribution is -2.76. The highest BCUT2D eigenvalue weighted by Gasteiger charge is 2.75. The van der Waals surface area contributed by atoms with E-state index in [1.165, 1.54) is 51.7 Å². The topological polar surface area (TPSA) is 205 Å². The molecule has 0 unspecified atom stereocenters. The number of Topliss-reactive ketones (excluding diaryl/α,β-unsaturated/α-hetero) is 2. The zero-order valence-corrected chi connectivity index (χ0v) is 41.5. The molecule has 10 aliphatic rings. The lowest BCUT2D eigenvalue weighted by atomic mass is 9.49. The fourth-order valence-corrected chi connectivity index (χ4v) is 15.7. The van der Waals surface area contributed by atoms with Gasteiger partial charge in [0.05, 0.1) is 34.9 Å². The third-order valence-electron chi connectivity index (χ3n) is 18.9. The van der Waals surface area contributed by atoms with Crippen LogP contribution in [0.4, 0.5) is 0 Å². The van der Waals surface area contributed by atoms with Gasteiger partial charge in [-0.25, -0.2) is 0 Å². The van der Waals surface area contributed by atoms with Crippen molar-refractivity contribution in [1.29, 1.82) is 0 Å². The van der Waals surface area contributed by atoms with Crippen molar-refractivity contribution in [3.8, 4) is 34.5 Å². The van der Waals surface area contributed by atoms with Gasteiger partial charge in [0.2, 0.25) is 0 Å². The molecule has 0 amide bonds. The van der Waals surface area contributed by atoms with Gasteiger partial charge in [0.25, 0.3) is 0 Å². The first-order valence-electron chi connectivity index (χ1n) is 26.6.